The number of carbonyl (C=O) groups excluding carboxylic acids is 1. The van der Waals surface area contributed by atoms with Gasteiger partial charge >= 0.3 is 6.03 Å². The summed E-state index contributed by atoms with van der Waals surface area (Å²) in [5.74, 6) is 0.502. The third-order valence-electron chi connectivity index (χ3n) is 3.14. The summed E-state index contributed by atoms with van der Waals surface area (Å²) in [6.45, 7) is 1.68. The Morgan fingerprint density at radius 2 is 2.18 bits per heavy atom. The van der Waals surface area contributed by atoms with Crippen LogP contribution in [0.1, 0.15) is 12.8 Å². The maximum atomic E-state index is 11.5. The zero-order valence-corrected chi connectivity index (χ0v) is 10.5. The van der Waals surface area contributed by atoms with Gasteiger partial charge in [-0.05, 0) is 18.8 Å². The summed E-state index contributed by atoms with van der Waals surface area (Å²) in [6.07, 6.45) is 1.49. The van der Waals surface area contributed by atoms with E-state index < -0.39 is 9.84 Å². The lowest BCUT2D eigenvalue weighted by Crippen LogP contribution is -2.44. The maximum Gasteiger partial charge on any atom is 0.315 e. The highest BCUT2D eigenvalue weighted by Gasteiger charge is 2.28. The Labute approximate surface area is 101 Å². The van der Waals surface area contributed by atoms with Crippen molar-refractivity contribution in [1.82, 2.24) is 10.6 Å². The standard InChI is InChI=1S/C10H18N2O4S/c13-10(12-9-1-3-16-6-9)11-5-8-2-4-17(14,15)7-8/h8-9H,1-7H2,(H2,11,12,13). The molecular weight excluding hydrogens is 244 g/mol. The molecule has 2 unspecified atom stereocenters. The fourth-order valence-electron chi connectivity index (χ4n) is 2.15. The van der Waals surface area contributed by atoms with Gasteiger partial charge in [0.1, 0.15) is 0 Å². The average Bonchev–Trinajstić information content (AvgIpc) is 2.85. The van der Waals surface area contributed by atoms with Gasteiger partial charge in [-0.15, -0.1) is 0 Å². The van der Waals surface area contributed by atoms with Crippen LogP contribution in [0, 0.1) is 5.92 Å². The molecule has 2 atom stereocenters. The van der Waals surface area contributed by atoms with Crippen LogP contribution in [0.15, 0.2) is 0 Å². The average molecular weight is 262 g/mol. The Morgan fingerprint density at radius 3 is 2.76 bits per heavy atom. The number of urea groups is 1. The van der Waals surface area contributed by atoms with Crippen molar-refractivity contribution in [3.63, 3.8) is 0 Å². The molecule has 2 amide bonds. The number of rotatable bonds is 3. The molecule has 17 heavy (non-hydrogen) atoms. The van der Waals surface area contributed by atoms with E-state index in [4.69, 9.17) is 4.74 Å². The van der Waals surface area contributed by atoms with Crippen LogP contribution in [-0.2, 0) is 14.6 Å². The summed E-state index contributed by atoms with van der Waals surface area (Å²) in [6, 6.07) is -0.146. The van der Waals surface area contributed by atoms with Gasteiger partial charge < -0.3 is 15.4 Å². The Hall–Kier alpha value is -0.820. The van der Waals surface area contributed by atoms with Crippen molar-refractivity contribution in [2.45, 2.75) is 18.9 Å². The largest absolute Gasteiger partial charge is 0.379 e. The summed E-state index contributed by atoms with van der Waals surface area (Å²) in [5.41, 5.74) is 0. The van der Waals surface area contributed by atoms with E-state index in [1.807, 2.05) is 0 Å². The molecule has 0 aromatic carbocycles. The van der Waals surface area contributed by atoms with E-state index in [9.17, 15) is 13.2 Å². The van der Waals surface area contributed by atoms with Crippen LogP contribution in [0.25, 0.3) is 0 Å². The topological polar surface area (TPSA) is 84.5 Å². The van der Waals surface area contributed by atoms with E-state index in [-0.39, 0.29) is 29.5 Å². The van der Waals surface area contributed by atoms with Crippen molar-refractivity contribution >= 4 is 15.9 Å². The minimum absolute atomic E-state index is 0.0607. The highest BCUT2D eigenvalue weighted by Crippen LogP contribution is 2.17. The first-order valence-corrected chi connectivity index (χ1v) is 7.70. The molecule has 2 aliphatic heterocycles. The van der Waals surface area contributed by atoms with E-state index in [0.29, 0.717) is 26.2 Å². The summed E-state index contributed by atoms with van der Waals surface area (Å²) in [4.78, 5) is 11.5. The van der Waals surface area contributed by atoms with Gasteiger partial charge in [0, 0.05) is 13.2 Å². The molecule has 0 radical (unpaired) electrons. The van der Waals surface area contributed by atoms with E-state index in [2.05, 4.69) is 10.6 Å². The van der Waals surface area contributed by atoms with Crippen LogP contribution in [0.2, 0.25) is 0 Å². The van der Waals surface area contributed by atoms with Gasteiger partial charge in [-0.1, -0.05) is 0 Å². The predicted molar refractivity (Wildman–Crippen MR) is 62.5 cm³/mol. The van der Waals surface area contributed by atoms with Crippen molar-refractivity contribution in [3.05, 3.63) is 0 Å². The zero-order valence-electron chi connectivity index (χ0n) is 9.65. The highest BCUT2D eigenvalue weighted by atomic mass is 32.2. The number of ether oxygens (including phenoxy) is 1. The first-order chi connectivity index (χ1) is 8.05. The molecule has 0 aromatic heterocycles. The van der Waals surface area contributed by atoms with Gasteiger partial charge in [-0.2, -0.15) is 0 Å². The lowest BCUT2D eigenvalue weighted by Gasteiger charge is -2.13. The molecule has 0 spiro atoms. The van der Waals surface area contributed by atoms with Gasteiger partial charge in [-0.3, -0.25) is 0 Å². The third-order valence-corrected chi connectivity index (χ3v) is 4.98. The SMILES string of the molecule is O=C(NCC1CCS(=O)(=O)C1)NC1CCOC1. The molecule has 0 aliphatic carbocycles. The van der Waals surface area contributed by atoms with Crippen molar-refractivity contribution in [2.24, 2.45) is 5.92 Å². The van der Waals surface area contributed by atoms with Crippen LogP contribution < -0.4 is 10.6 Å². The molecule has 0 bridgehead atoms. The molecule has 0 aromatic rings. The summed E-state index contributed by atoms with van der Waals surface area (Å²) in [5, 5.41) is 5.52. The van der Waals surface area contributed by atoms with Gasteiger partial charge in [0.2, 0.25) is 0 Å². The van der Waals surface area contributed by atoms with Crippen LogP contribution in [0.4, 0.5) is 4.79 Å². The van der Waals surface area contributed by atoms with Crippen molar-refractivity contribution < 1.29 is 17.9 Å². The predicted octanol–water partition coefficient (Wildman–Crippen LogP) is -0.491. The molecule has 2 rings (SSSR count). The molecule has 6 nitrogen and oxygen atoms in total. The zero-order chi connectivity index (χ0) is 12.3. The number of carbonyl (C=O) groups is 1. The van der Waals surface area contributed by atoms with Gasteiger partial charge in [0.25, 0.3) is 0 Å². The van der Waals surface area contributed by atoms with Gasteiger partial charge in [0.05, 0.1) is 24.2 Å². The lowest BCUT2D eigenvalue weighted by atomic mass is 10.1. The van der Waals surface area contributed by atoms with Crippen LogP contribution in [0.3, 0.4) is 0 Å². The van der Waals surface area contributed by atoms with Crippen LogP contribution in [0.5, 0.6) is 0 Å². The smallest absolute Gasteiger partial charge is 0.315 e. The van der Waals surface area contributed by atoms with Gasteiger partial charge in [0.15, 0.2) is 9.84 Å². The molecular formula is C10H18N2O4S. The minimum atomic E-state index is -2.86. The normalized spacial score (nSPS) is 31.3. The second-order valence-electron chi connectivity index (χ2n) is 4.68. The Balaban J connectivity index is 1.66. The molecule has 2 fully saturated rings. The monoisotopic (exact) mass is 262 g/mol. The van der Waals surface area contributed by atoms with E-state index in [1.54, 1.807) is 0 Å². The fraction of sp³-hybridized carbons (Fsp3) is 0.900. The van der Waals surface area contributed by atoms with Gasteiger partial charge in [-0.25, -0.2) is 13.2 Å². The summed E-state index contributed by atoms with van der Waals surface area (Å²) >= 11 is 0. The maximum absolute atomic E-state index is 11.5. The Morgan fingerprint density at radius 1 is 1.35 bits per heavy atom. The van der Waals surface area contributed by atoms with E-state index in [0.717, 1.165) is 6.42 Å². The second kappa shape index (κ2) is 5.22. The summed E-state index contributed by atoms with van der Waals surface area (Å²) < 4.78 is 27.6. The van der Waals surface area contributed by atoms with E-state index >= 15 is 0 Å². The number of hydrogen-bond donors (Lipinski definition) is 2. The number of sulfone groups is 1. The first-order valence-electron chi connectivity index (χ1n) is 5.88. The fourth-order valence-corrected chi connectivity index (χ4v) is 4.02. The Bertz CT molecular complexity index is 376. The van der Waals surface area contributed by atoms with Crippen molar-refractivity contribution in [1.29, 1.82) is 0 Å². The second-order valence-corrected chi connectivity index (χ2v) is 6.91. The molecule has 2 heterocycles. The number of hydrogen-bond acceptors (Lipinski definition) is 4. The Kier molecular flexibility index (Phi) is 3.88. The van der Waals surface area contributed by atoms with Crippen molar-refractivity contribution in [2.75, 3.05) is 31.3 Å². The quantitative estimate of drug-likeness (QED) is 0.719. The molecule has 2 saturated heterocycles. The number of amides is 2. The number of nitrogens with one attached hydrogen (secondary N) is 2. The molecule has 2 aliphatic rings. The van der Waals surface area contributed by atoms with Crippen LogP contribution in [-0.4, -0.2) is 51.8 Å². The molecule has 98 valence electrons. The molecule has 7 heteroatoms. The highest BCUT2D eigenvalue weighted by molar-refractivity contribution is 7.91. The minimum Gasteiger partial charge on any atom is -0.379 e. The van der Waals surface area contributed by atoms with Crippen molar-refractivity contribution in [3.8, 4) is 0 Å². The summed E-state index contributed by atoms with van der Waals surface area (Å²) in [7, 11) is -2.86. The van der Waals surface area contributed by atoms with Crippen LogP contribution >= 0.6 is 0 Å². The van der Waals surface area contributed by atoms with E-state index in [1.165, 1.54) is 0 Å². The first kappa shape index (κ1) is 12.6. The molecule has 2 N–H and O–H groups in total. The molecule has 0 saturated carbocycles. The lowest BCUT2D eigenvalue weighted by molar-refractivity contribution is 0.188. The third kappa shape index (κ3) is 3.85.